The summed E-state index contributed by atoms with van der Waals surface area (Å²) in [4.78, 5) is 29.6. The van der Waals surface area contributed by atoms with Gasteiger partial charge in [0, 0.05) is 43.5 Å². The Morgan fingerprint density at radius 1 is 0.930 bits per heavy atom. The Labute approximate surface area is 254 Å². The lowest BCUT2D eigenvalue weighted by molar-refractivity contribution is -0.141. The van der Waals surface area contributed by atoms with Gasteiger partial charge in [-0.25, -0.2) is 4.39 Å². The van der Waals surface area contributed by atoms with Crippen molar-refractivity contribution in [2.75, 3.05) is 13.6 Å². The smallest absolute Gasteiger partial charge is 0.252 e. The summed E-state index contributed by atoms with van der Waals surface area (Å²) in [6, 6.07) is 21.4. The number of likely N-dealkylation sites (N-methyl/N-ethyl adjacent to an activating group) is 1. The molecular formula is C36H44FN3O3. The van der Waals surface area contributed by atoms with Crippen LogP contribution >= 0.6 is 0 Å². The van der Waals surface area contributed by atoms with Crippen molar-refractivity contribution >= 4 is 22.7 Å². The molecule has 0 saturated carbocycles. The molecule has 0 aliphatic carbocycles. The Kier molecular flexibility index (Phi) is 10.6. The lowest BCUT2D eigenvalue weighted by Crippen LogP contribution is -2.56. The summed E-state index contributed by atoms with van der Waals surface area (Å²) in [5, 5.41) is 14.6. The van der Waals surface area contributed by atoms with Crippen LogP contribution in [-0.4, -0.2) is 40.0 Å². The number of rotatable bonds is 14. The van der Waals surface area contributed by atoms with Gasteiger partial charge in [-0.1, -0.05) is 76.3 Å². The molecule has 0 bridgehead atoms. The van der Waals surface area contributed by atoms with Gasteiger partial charge in [-0.05, 0) is 66.4 Å². The minimum absolute atomic E-state index is 0.0609. The third-order valence-corrected chi connectivity index (χ3v) is 8.13. The van der Waals surface area contributed by atoms with Gasteiger partial charge in [-0.2, -0.15) is 0 Å². The molecular weight excluding hydrogens is 541 g/mol. The van der Waals surface area contributed by atoms with E-state index in [2.05, 4.69) is 23.7 Å². The predicted molar refractivity (Wildman–Crippen MR) is 171 cm³/mol. The molecule has 0 spiro atoms. The van der Waals surface area contributed by atoms with Crippen LogP contribution in [0.25, 0.3) is 22.2 Å². The molecule has 0 radical (unpaired) electrons. The largest absolute Gasteiger partial charge is 0.508 e. The highest BCUT2D eigenvalue weighted by Crippen LogP contribution is 2.45. The first-order valence-electron chi connectivity index (χ1n) is 15.4. The van der Waals surface area contributed by atoms with E-state index in [1.54, 1.807) is 36.2 Å². The maximum absolute atomic E-state index is 14.8. The lowest BCUT2D eigenvalue weighted by Gasteiger charge is -2.38. The van der Waals surface area contributed by atoms with Gasteiger partial charge in [0.05, 0.1) is 5.69 Å². The Morgan fingerprint density at radius 3 is 2.28 bits per heavy atom. The molecule has 0 saturated heterocycles. The van der Waals surface area contributed by atoms with Crippen molar-refractivity contribution in [1.29, 1.82) is 0 Å². The van der Waals surface area contributed by atoms with Crippen molar-refractivity contribution in [3.05, 3.63) is 89.7 Å². The van der Waals surface area contributed by atoms with Crippen molar-refractivity contribution < 1.29 is 19.1 Å². The molecule has 2 N–H and O–H groups in total. The molecule has 3 aromatic carbocycles. The number of hydrogen-bond acceptors (Lipinski definition) is 3. The number of carbonyl (C=O) groups is 2. The number of unbranched alkanes of at least 4 members (excludes halogenated alkanes) is 4. The highest BCUT2D eigenvalue weighted by Gasteiger charge is 2.46. The SMILES string of the molecule is CCCCCCC(NC(C)=O)(C(=O)N(C)CCCC)c1c(-c2ccc(F)cc2)n(Cc2ccccc2)c2ccc(O)cc12. The zero-order valence-electron chi connectivity index (χ0n) is 25.8. The Bertz CT molecular complexity index is 1530. The van der Waals surface area contributed by atoms with E-state index in [1.165, 1.54) is 19.1 Å². The van der Waals surface area contributed by atoms with Gasteiger partial charge in [-0.3, -0.25) is 9.59 Å². The number of benzene rings is 3. The third-order valence-electron chi connectivity index (χ3n) is 8.13. The molecule has 1 heterocycles. The molecule has 1 aromatic heterocycles. The average molecular weight is 586 g/mol. The molecule has 4 rings (SSSR count). The van der Waals surface area contributed by atoms with E-state index in [1.807, 2.05) is 36.4 Å². The van der Waals surface area contributed by atoms with Gasteiger partial charge in [-0.15, -0.1) is 0 Å². The monoisotopic (exact) mass is 585 g/mol. The molecule has 1 unspecified atom stereocenters. The standard InChI is InChI=1S/C36H44FN3O3/c1-5-7-9-13-22-36(38-26(3)41,35(43)39(4)23-8-6-2)33-31-24-30(42)20-21-32(31)40(25-27-14-11-10-12-15-27)34(33)28-16-18-29(37)19-17-28/h10-12,14-21,24,42H,5-9,13,22-23,25H2,1-4H3,(H,38,41). The third kappa shape index (κ3) is 7.10. The van der Waals surface area contributed by atoms with E-state index in [9.17, 15) is 19.1 Å². The van der Waals surface area contributed by atoms with E-state index in [-0.39, 0.29) is 23.4 Å². The van der Waals surface area contributed by atoms with Gasteiger partial charge in [0.1, 0.15) is 17.1 Å². The van der Waals surface area contributed by atoms with Crippen LogP contribution in [0.2, 0.25) is 0 Å². The average Bonchev–Trinajstić information content (AvgIpc) is 3.30. The number of nitrogens with one attached hydrogen (secondary N) is 1. The van der Waals surface area contributed by atoms with E-state index >= 15 is 0 Å². The molecule has 6 nitrogen and oxygen atoms in total. The summed E-state index contributed by atoms with van der Waals surface area (Å²) in [6.45, 7) is 6.68. The fourth-order valence-electron chi connectivity index (χ4n) is 6.07. The number of aromatic nitrogens is 1. The normalized spacial score (nSPS) is 12.7. The van der Waals surface area contributed by atoms with Crippen LogP contribution in [0.5, 0.6) is 5.75 Å². The zero-order valence-corrected chi connectivity index (χ0v) is 25.8. The second-order valence-corrected chi connectivity index (χ2v) is 11.5. The summed E-state index contributed by atoms with van der Waals surface area (Å²) >= 11 is 0. The second kappa shape index (κ2) is 14.4. The highest BCUT2D eigenvalue weighted by molar-refractivity contribution is 6.02. The molecule has 7 heteroatoms. The van der Waals surface area contributed by atoms with Gasteiger partial charge in [0.15, 0.2) is 0 Å². The van der Waals surface area contributed by atoms with Crippen molar-refractivity contribution in [3.8, 4) is 17.0 Å². The topological polar surface area (TPSA) is 74.6 Å². The number of carbonyl (C=O) groups excluding carboxylic acids is 2. The molecule has 0 aliphatic rings. The number of halogens is 1. The van der Waals surface area contributed by atoms with Crippen LogP contribution in [-0.2, 0) is 21.7 Å². The van der Waals surface area contributed by atoms with Crippen LogP contribution in [0.3, 0.4) is 0 Å². The second-order valence-electron chi connectivity index (χ2n) is 11.5. The van der Waals surface area contributed by atoms with Gasteiger partial charge in [0.2, 0.25) is 5.91 Å². The first-order valence-corrected chi connectivity index (χ1v) is 15.4. The van der Waals surface area contributed by atoms with Gasteiger partial charge in [0.25, 0.3) is 5.91 Å². The minimum Gasteiger partial charge on any atom is -0.508 e. The first-order chi connectivity index (χ1) is 20.7. The molecule has 43 heavy (non-hydrogen) atoms. The Hall–Kier alpha value is -4.13. The van der Waals surface area contributed by atoms with E-state index in [0.717, 1.165) is 48.7 Å². The summed E-state index contributed by atoms with van der Waals surface area (Å²) in [5.74, 6) is -0.817. The van der Waals surface area contributed by atoms with Crippen molar-refractivity contribution in [2.45, 2.75) is 77.8 Å². The molecule has 0 aliphatic heterocycles. The molecule has 0 fully saturated rings. The fraction of sp³-hybridized carbons (Fsp3) is 0.389. The molecule has 1 atom stereocenters. The highest BCUT2D eigenvalue weighted by atomic mass is 19.1. The maximum Gasteiger partial charge on any atom is 0.252 e. The van der Waals surface area contributed by atoms with Crippen LogP contribution in [0.1, 0.15) is 76.8 Å². The van der Waals surface area contributed by atoms with Crippen LogP contribution in [0.4, 0.5) is 4.39 Å². The molecule has 2 amide bonds. The van der Waals surface area contributed by atoms with Gasteiger partial charge < -0.3 is 19.9 Å². The summed E-state index contributed by atoms with van der Waals surface area (Å²) in [7, 11) is 1.79. The van der Waals surface area contributed by atoms with Crippen molar-refractivity contribution in [3.63, 3.8) is 0 Å². The van der Waals surface area contributed by atoms with Gasteiger partial charge >= 0.3 is 0 Å². The number of nitrogens with zero attached hydrogens (tertiary/aromatic N) is 2. The van der Waals surface area contributed by atoms with Crippen molar-refractivity contribution in [2.24, 2.45) is 0 Å². The number of phenols is 1. The summed E-state index contributed by atoms with van der Waals surface area (Å²) in [5.41, 5.74) is 2.49. The Balaban J connectivity index is 2.12. The first kappa shape index (κ1) is 31.8. The number of fused-ring (bicyclic) bond motifs is 1. The minimum atomic E-state index is -1.42. The zero-order chi connectivity index (χ0) is 31.0. The maximum atomic E-state index is 14.8. The quantitative estimate of drug-likeness (QED) is 0.149. The van der Waals surface area contributed by atoms with Crippen LogP contribution in [0.15, 0.2) is 72.8 Å². The van der Waals surface area contributed by atoms with Crippen LogP contribution < -0.4 is 5.32 Å². The molecule has 228 valence electrons. The number of aromatic hydroxyl groups is 1. The number of phenolic OH excluding ortho intramolecular Hbond substituents is 1. The summed E-state index contributed by atoms with van der Waals surface area (Å²) in [6.07, 6.45) is 5.80. The van der Waals surface area contributed by atoms with Crippen LogP contribution in [0, 0.1) is 5.82 Å². The fourth-order valence-corrected chi connectivity index (χ4v) is 6.07. The van der Waals surface area contributed by atoms with E-state index in [0.29, 0.717) is 42.6 Å². The molecule has 4 aromatic rings. The lowest BCUT2D eigenvalue weighted by atomic mass is 9.80. The Morgan fingerprint density at radius 2 is 1.63 bits per heavy atom. The number of amides is 2. The van der Waals surface area contributed by atoms with Crippen molar-refractivity contribution in [1.82, 2.24) is 14.8 Å². The summed E-state index contributed by atoms with van der Waals surface area (Å²) < 4.78 is 16.4. The van der Waals surface area contributed by atoms with E-state index in [4.69, 9.17) is 0 Å². The predicted octanol–water partition coefficient (Wildman–Crippen LogP) is 7.76. The van der Waals surface area contributed by atoms with E-state index < -0.39 is 5.54 Å². The number of hydrogen-bond donors (Lipinski definition) is 2.